The predicted molar refractivity (Wildman–Crippen MR) is 66.6 cm³/mol. The van der Waals surface area contributed by atoms with Crippen LogP contribution in [0, 0.1) is 0 Å². The number of rotatable bonds is 2. The van der Waals surface area contributed by atoms with Gasteiger partial charge in [0.1, 0.15) is 5.56 Å². The van der Waals surface area contributed by atoms with Crippen LogP contribution >= 0.6 is 11.6 Å². The van der Waals surface area contributed by atoms with Gasteiger partial charge in [0.25, 0.3) is 0 Å². The molecule has 1 aromatic rings. The highest BCUT2D eigenvalue weighted by molar-refractivity contribution is 6.33. The van der Waals surface area contributed by atoms with E-state index in [1.54, 1.807) is 6.07 Å². The molecule has 0 N–H and O–H groups in total. The molecule has 2 rings (SSSR count). The third-order valence-corrected chi connectivity index (χ3v) is 3.35. The first kappa shape index (κ1) is 12.9. The molecule has 0 spiro atoms. The number of fused-ring (bicyclic) bond motifs is 1. The monoisotopic (exact) mass is 268 g/mol. The van der Waals surface area contributed by atoms with Crippen molar-refractivity contribution in [2.45, 2.75) is 19.3 Å². The number of carbonyl (C=O) groups is 2. The molecule has 96 valence electrons. The van der Waals surface area contributed by atoms with Gasteiger partial charge in [0.05, 0.1) is 19.2 Å². The van der Waals surface area contributed by atoms with E-state index in [4.69, 9.17) is 21.1 Å². The molecule has 1 aliphatic rings. The Morgan fingerprint density at radius 3 is 2.67 bits per heavy atom. The van der Waals surface area contributed by atoms with E-state index in [9.17, 15) is 9.59 Å². The molecule has 0 aliphatic heterocycles. The number of halogens is 1. The zero-order valence-electron chi connectivity index (χ0n) is 10.2. The molecule has 0 fully saturated rings. The summed E-state index contributed by atoms with van der Waals surface area (Å²) in [5.41, 5.74) is 1.46. The lowest BCUT2D eigenvalue weighted by atomic mass is 9.87. The van der Waals surface area contributed by atoms with Gasteiger partial charge in [0.2, 0.25) is 0 Å². The van der Waals surface area contributed by atoms with Crippen molar-refractivity contribution in [2.75, 3.05) is 14.2 Å². The van der Waals surface area contributed by atoms with Crippen LogP contribution in [0.5, 0.6) is 5.75 Å². The van der Waals surface area contributed by atoms with Crippen LogP contribution in [0.4, 0.5) is 0 Å². The lowest BCUT2D eigenvalue weighted by molar-refractivity contribution is 0.0595. The van der Waals surface area contributed by atoms with Crippen molar-refractivity contribution < 1.29 is 19.1 Å². The topological polar surface area (TPSA) is 52.6 Å². The van der Waals surface area contributed by atoms with E-state index in [0.717, 1.165) is 6.42 Å². The average molecular weight is 269 g/mol. The SMILES string of the molecule is COC(=O)c1c2c(cc(Cl)c1OC)C(=O)CCC2. The van der Waals surface area contributed by atoms with E-state index in [0.29, 0.717) is 24.0 Å². The summed E-state index contributed by atoms with van der Waals surface area (Å²) < 4.78 is 9.90. The van der Waals surface area contributed by atoms with Crippen molar-refractivity contribution >= 4 is 23.4 Å². The molecular weight excluding hydrogens is 256 g/mol. The minimum Gasteiger partial charge on any atom is -0.494 e. The van der Waals surface area contributed by atoms with Crippen molar-refractivity contribution in [3.8, 4) is 5.75 Å². The van der Waals surface area contributed by atoms with Gasteiger partial charge in [-0.2, -0.15) is 0 Å². The molecule has 1 aromatic carbocycles. The molecule has 0 bridgehead atoms. The third-order valence-electron chi connectivity index (χ3n) is 3.07. The Kier molecular flexibility index (Phi) is 3.57. The van der Waals surface area contributed by atoms with Crippen LogP contribution in [-0.4, -0.2) is 26.0 Å². The van der Waals surface area contributed by atoms with Gasteiger partial charge in [-0.05, 0) is 24.5 Å². The van der Waals surface area contributed by atoms with Crippen molar-refractivity contribution in [3.63, 3.8) is 0 Å². The van der Waals surface area contributed by atoms with E-state index in [1.807, 2.05) is 0 Å². The number of hydrogen-bond donors (Lipinski definition) is 0. The van der Waals surface area contributed by atoms with Gasteiger partial charge in [-0.25, -0.2) is 4.79 Å². The summed E-state index contributed by atoms with van der Waals surface area (Å²) in [5, 5.41) is 0.256. The fraction of sp³-hybridized carbons (Fsp3) is 0.385. The van der Waals surface area contributed by atoms with Crippen molar-refractivity contribution in [1.29, 1.82) is 0 Å². The second kappa shape index (κ2) is 4.98. The van der Waals surface area contributed by atoms with E-state index in [-0.39, 0.29) is 22.1 Å². The highest BCUT2D eigenvalue weighted by Gasteiger charge is 2.28. The molecule has 0 heterocycles. The summed E-state index contributed by atoms with van der Waals surface area (Å²) in [6.45, 7) is 0. The lowest BCUT2D eigenvalue weighted by Gasteiger charge is -2.20. The minimum absolute atomic E-state index is 0.00551. The number of hydrogen-bond acceptors (Lipinski definition) is 4. The second-order valence-electron chi connectivity index (χ2n) is 4.06. The number of ether oxygens (including phenoxy) is 2. The molecule has 0 unspecified atom stereocenters. The van der Waals surface area contributed by atoms with Gasteiger partial charge in [0, 0.05) is 12.0 Å². The van der Waals surface area contributed by atoms with Gasteiger partial charge >= 0.3 is 5.97 Å². The predicted octanol–water partition coefficient (Wildman–Crippen LogP) is 2.65. The Morgan fingerprint density at radius 1 is 1.33 bits per heavy atom. The Morgan fingerprint density at radius 2 is 2.06 bits per heavy atom. The number of benzene rings is 1. The molecule has 0 radical (unpaired) electrons. The minimum atomic E-state index is -0.527. The first-order chi connectivity index (χ1) is 8.60. The standard InChI is InChI=1S/C13H13ClO4/c1-17-12-9(14)6-8-7(4-3-5-10(8)15)11(12)13(16)18-2/h6H,3-5H2,1-2H3. The van der Waals surface area contributed by atoms with Gasteiger partial charge in [-0.3, -0.25) is 4.79 Å². The van der Waals surface area contributed by atoms with Gasteiger partial charge in [-0.15, -0.1) is 0 Å². The maximum atomic E-state index is 11.9. The maximum absolute atomic E-state index is 11.9. The Hall–Kier alpha value is -1.55. The highest BCUT2D eigenvalue weighted by Crippen LogP contribution is 2.37. The first-order valence-electron chi connectivity index (χ1n) is 5.61. The van der Waals surface area contributed by atoms with Crippen LogP contribution in [0.15, 0.2) is 6.07 Å². The molecule has 5 heteroatoms. The van der Waals surface area contributed by atoms with Crippen LogP contribution in [0.1, 0.15) is 39.1 Å². The molecule has 0 aromatic heterocycles. The zero-order chi connectivity index (χ0) is 13.3. The van der Waals surface area contributed by atoms with E-state index < -0.39 is 5.97 Å². The fourth-order valence-corrected chi connectivity index (χ4v) is 2.54. The Labute approximate surface area is 110 Å². The molecule has 0 amide bonds. The molecule has 18 heavy (non-hydrogen) atoms. The first-order valence-corrected chi connectivity index (χ1v) is 5.98. The molecule has 4 nitrogen and oxygen atoms in total. The fourth-order valence-electron chi connectivity index (χ4n) is 2.26. The number of methoxy groups -OCH3 is 2. The molecule has 0 atom stereocenters. The van der Waals surface area contributed by atoms with E-state index in [2.05, 4.69) is 0 Å². The second-order valence-corrected chi connectivity index (χ2v) is 4.47. The van der Waals surface area contributed by atoms with Crippen LogP contribution < -0.4 is 4.74 Å². The highest BCUT2D eigenvalue weighted by atomic mass is 35.5. The van der Waals surface area contributed by atoms with Crippen LogP contribution in [0.3, 0.4) is 0 Å². The normalized spacial score (nSPS) is 14.1. The Bertz CT molecular complexity index is 522. The smallest absolute Gasteiger partial charge is 0.342 e. The number of esters is 1. The van der Waals surface area contributed by atoms with Crippen LogP contribution in [0.2, 0.25) is 5.02 Å². The average Bonchev–Trinajstić information content (AvgIpc) is 2.37. The maximum Gasteiger partial charge on any atom is 0.342 e. The molecule has 0 saturated carbocycles. The summed E-state index contributed by atoms with van der Waals surface area (Å²) in [5.74, 6) is -0.247. The summed E-state index contributed by atoms with van der Waals surface area (Å²) >= 11 is 6.05. The number of Topliss-reactive ketones (excluding diaryl/α,β-unsaturated/α-hetero) is 1. The molecular formula is C13H13ClO4. The third kappa shape index (κ3) is 1.97. The summed E-state index contributed by atoms with van der Waals surface area (Å²) in [6.07, 6.45) is 1.86. The van der Waals surface area contributed by atoms with Crippen molar-refractivity contribution in [1.82, 2.24) is 0 Å². The summed E-state index contributed by atoms with van der Waals surface area (Å²) in [7, 11) is 2.73. The largest absolute Gasteiger partial charge is 0.494 e. The number of carbonyl (C=O) groups excluding carboxylic acids is 2. The summed E-state index contributed by atoms with van der Waals surface area (Å²) in [4.78, 5) is 23.7. The molecule has 1 aliphatic carbocycles. The Balaban J connectivity index is 2.73. The van der Waals surface area contributed by atoms with E-state index >= 15 is 0 Å². The zero-order valence-corrected chi connectivity index (χ0v) is 11.0. The quantitative estimate of drug-likeness (QED) is 0.774. The number of ketones is 1. The van der Waals surface area contributed by atoms with Gasteiger partial charge in [-0.1, -0.05) is 11.6 Å². The van der Waals surface area contributed by atoms with Crippen LogP contribution in [0.25, 0.3) is 0 Å². The van der Waals surface area contributed by atoms with Crippen LogP contribution in [-0.2, 0) is 11.2 Å². The van der Waals surface area contributed by atoms with E-state index in [1.165, 1.54) is 14.2 Å². The van der Waals surface area contributed by atoms with Crippen molar-refractivity contribution in [2.24, 2.45) is 0 Å². The lowest BCUT2D eigenvalue weighted by Crippen LogP contribution is -2.17. The summed E-state index contributed by atoms with van der Waals surface area (Å²) in [6, 6.07) is 1.57. The van der Waals surface area contributed by atoms with Crippen molar-refractivity contribution in [3.05, 3.63) is 27.8 Å². The van der Waals surface area contributed by atoms with Gasteiger partial charge in [0.15, 0.2) is 11.5 Å². The van der Waals surface area contributed by atoms with Gasteiger partial charge < -0.3 is 9.47 Å². The molecule has 0 saturated heterocycles.